The molecule has 0 atom stereocenters. The van der Waals surface area contributed by atoms with E-state index in [-0.39, 0.29) is 5.56 Å². The molecule has 0 aromatic heterocycles. The maximum absolute atomic E-state index is 13.3. The third kappa shape index (κ3) is 5.30. The SMILES string of the molecule is CCCCCCCC1CCC(c2ccc(C(F)(F)C#N)cc2)CC1. The smallest absolute Gasteiger partial charge is 0.191 e. The van der Waals surface area contributed by atoms with Gasteiger partial charge in [0.25, 0.3) is 0 Å². The van der Waals surface area contributed by atoms with Crippen LogP contribution in [-0.2, 0) is 5.92 Å². The molecule has 0 radical (unpaired) electrons. The monoisotopic (exact) mass is 333 g/mol. The number of hydrogen-bond acceptors (Lipinski definition) is 1. The van der Waals surface area contributed by atoms with Gasteiger partial charge in [0.05, 0.1) is 0 Å². The molecule has 2 rings (SSSR count). The lowest BCUT2D eigenvalue weighted by atomic mass is 9.77. The predicted molar refractivity (Wildman–Crippen MR) is 94.0 cm³/mol. The first-order valence-electron chi connectivity index (χ1n) is 9.46. The van der Waals surface area contributed by atoms with Gasteiger partial charge in [-0.2, -0.15) is 14.0 Å². The van der Waals surface area contributed by atoms with Crippen molar-refractivity contribution >= 4 is 0 Å². The molecule has 0 N–H and O–H groups in total. The van der Waals surface area contributed by atoms with E-state index in [4.69, 9.17) is 5.26 Å². The first kappa shape index (κ1) is 18.9. The Bertz CT molecular complexity index is 522. The maximum atomic E-state index is 13.3. The van der Waals surface area contributed by atoms with E-state index in [1.807, 2.05) is 0 Å². The highest BCUT2D eigenvalue weighted by Gasteiger charge is 2.31. The van der Waals surface area contributed by atoms with E-state index in [0.717, 1.165) is 30.4 Å². The molecule has 0 unspecified atom stereocenters. The third-order valence-electron chi connectivity index (χ3n) is 5.45. The van der Waals surface area contributed by atoms with Crippen molar-refractivity contribution in [3.63, 3.8) is 0 Å². The van der Waals surface area contributed by atoms with Crippen LogP contribution in [-0.4, -0.2) is 0 Å². The molecule has 132 valence electrons. The number of alkyl halides is 2. The highest BCUT2D eigenvalue weighted by atomic mass is 19.3. The minimum Gasteiger partial charge on any atom is -0.191 e. The molecular weight excluding hydrogens is 304 g/mol. The van der Waals surface area contributed by atoms with Gasteiger partial charge in [-0.3, -0.25) is 0 Å². The molecule has 1 aromatic rings. The summed E-state index contributed by atoms with van der Waals surface area (Å²) in [6, 6.07) is 7.47. The zero-order chi connectivity index (χ0) is 17.4. The molecule has 0 bridgehead atoms. The molecule has 1 aliphatic carbocycles. The average molecular weight is 333 g/mol. The van der Waals surface area contributed by atoms with Crippen LogP contribution >= 0.6 is 0 Å². The summed E-state index contributed by atoms with van der Waals surface area (Å²) < 4.78 is 26.7. The van der Waals surface area contributed by atoms with Gasteiger partial charge in [-0.1, -0.05) is 69.7 Å². The molecule has 0 spiro atoms. The number of unbranched alkanes of at least 4 members (excludes halogenated alkanes) is 4. The fourth-order valence-corrected chi connectivity index (χ4v) is 3.85. The number of rotatable bonds is 8. The van der Waals surface area contributed by atoms with Gasteiger partial charge in [-0.05, 0) is 43.1 Å². The summed E-state index contributed by atoms with van der Waals surface area (Å²) in [4.78, 5) is 0. The Morgan fingerprint density at radius 3 is 2.21 bits per heavy atom. The first-order chi connectivity index (χ1) is 11.6. The maximum Gasteiger partial charge on any atom is 0.357 e. The van der Waals surface area contributed by atoms with Crippen molar-refractivity contribution in [1.82, 2.24) is 0 Å². The van der Waals surface area contributed by atoms with E-state index in [0.29, 0.717) is 5.92 Å². The van der Waals surface area contributed by atoms with Crippen molar-refractivity contribution in [1.29, 1.82) is 5.26 Å². The Morgan fingerprint density at radius 1 is 1.00 bits per heavy atom. The number of benzene rings is 1. The minimum absolute atomic E-state index is 0.200. The molecule has 0 saturated heterocycles. The molecule has 1 nitrogen and oxygen atoms in total. The van der Waals surface area contributed by atoms with Crippen LogP contribution in [0, 0.1) is 17.2 Å². The first-order valence-corrected chi connectivity index (χ1v) is 9.46. The van der Waals surface area contributed by atoms with E-state index in [2.05, 4.69) is 6.92 Å². The minimum atomic E-state index is -3.38. The molecule has 0 aliphatic heterocycles. The molecule has 1 aliphatic rings. The van der Waals surface area contributed by atoms with Crippen LogP contribution in [0.3, 0.4) is 0 Å². The van der Waals surface area contributed by atoms with Crippen molar-refractivity contribution in [3.05, 3.63) is 35.4 Å². The Kier molecular flexibility index (Phi) is 7.21. The second kappa shape index (κ2) is 9.16. The molecule has 1 fully saturated rings. The van der Waals surface area contributed by atoms with Gasteiger partial charge < -0.3 is 0 Å². The highest BCUT2D eigenvalue weighted by molar-refractivity contribution is 5.31. The Labute approximate surface area is 145 Å². The van der Waals surface area contributed by atoms with Crippen LogP contribution in [0.25, 0.3) is 0 Å². The van der Waals surface area contributed by atoms with Crippen molar-refractivity contribution < 1.29 is 8.78 Å². The number of nitrogens with zero attached hydrogens (tertiary/aromatic N) is 1. The van der Waals surface area contributed by atoms with Gasteiger partial charge in [0.1, 0.15) is 6.07 Å². The normalized spacial score (nSPS) is 21.4. The van der Waals surface area contributed by atoms with E-state index >= 15 is 0 Å². The second-order valence-corrected chi connectivity index (χ2v) is 7.23. The van der Waals surface area contributed by atoms with E-state index < -0.39 is 5.92 Å². The molecule has 24 heavy (non-hydrogen) atoms. The summed E-state index contributed by atoms with van der Waals surface area (Å²) in [5.74, 6) is -2.04. The van der Waals surface area contributed by atoms with Crippen molar-refractivity contribution in [2.75, 3.05) is 0 Å². The quantitative estimate of drug-likeness (QED) is 0.473. The van der Waals surface area contributed by atoms with Gasteiger partial charge >= 0.3 is 5.92 Å². The largest absolute Gasteiger partial charge is 0.357 e. The number of nitriles is 1. The lowest BCUT2D eigenvalue weighted by Crippen LogP contribution is -2.14. The molecule has 1 saturated carbocycles. The predicted octanol–water partition coefficient (Wildman–Crippen LogP) is 6.94. The Hall–Kier alpha value is -1.43. The van der Waals surface area contributed by atoms with E-state index in [1.54, 1.807) is 12.1 Å². The summed E-state index contributed by atoms with van der Waals surface area (Å²) in [5, 5.41) is 8.51. The van der Waals surface area contributed by atoms with Gasteiger partial charge in [-0.25, -0.2) is 0 Å². The fraction of sp³-hybridized carbons (Fsp3) is 0.667. The summed E-state index contributed by atoms with van der Waals surface area (Å²) in [5.41, 5.74) is 0.948. The molecular formula is C21H29F2N. The van der Waals surface area contributed by atoms with Crippen LogP contribution < -0.4 is 0 Å². The van der Waals surface area contributed by atoms with Gasteiger partial charge in [0.2, 0.25) is 0 Å². The van der Waals surface area contributed by atoms with Crippen molar-refractivity contribution in [2.45, 2.75) is 83.0 Å². The van der Waals surface area contributed by atoms with Crippen LogP contribution in [0.15, 0.2) is 24.3 Å². The van der Waals surface area contributed by atoms with Gasteiger partial charge in [-0.15, -0.1) is 0 Å². The number of hydrogen-bond donors (Lipinski definition) is 0. The lowest BCUT2D eigenvalue weighted by molar-refractivity contribution is 0.0612. The standard InChI is InChI=1S/C21H29F2N/c1-2-3-4-5-6-7-17-8-10-18(11-9-17)19-12-14-20(15-13-19)21(22,23)16-24/h12-15,17-18H,2-11H2,1H3. The van der Waals surface area contributed by atoms with Gasteiger partial charge in [0.15, 0.2) is 0 Å². The summed E-state index contributed by atoms with van der Waals surface area (Å²) in [6.07, 6.45) is 12.9. The third-order valence-corrected chi connectivity index (χ3v) is 5.45. The highest BCUT2D eigenvalue weighted by Crippen LogP contribution is 2.38. The summed E-state index contributed by atoms with van der Waals surface area (Å²) in [7, 11) is 0. The van der Waals surface area contributed by atoms with Crippen LogP contribution in [0.5, 0.6) is 0 Å². The summed E-state index contributed by atoms with van der Waals surface area (Å²) in [6.45, 7) is 2.25. The topological polar surface area (TPSA) is 23.8 Å². The second-order valence-electron chi connectivity index (χ2n) is 7.23. The van der Waals surface area contributed by atoms with Crippen LogP contribution in [0.2, 0.25) is 0 Å². The van der Waals surface area contributed by atoms with Crippen LogP contribution in [0.4, 0.5) is 8.78 Å². The molecule has 0 amide bonds. The molecule has 1 aromatic carbocycles. The van der Waals surface area contributed by atoms with E-state index in [9.17, 15) is 8.78 Å². The average Bonchev–Trinajstić information content (AvgIpc) is 2.62. The van der Waals surface area contributed by atoms with Gasteiger partial charge in [0, 0.05) is 5.56 Å². The molecule has 3 heteroatoms. The van der Waals surface area contributed by atoms with Crippen molar-refractivity contribution in [2.24, 2.45) is 5.92 Å². The zero-order valence-corrected chi connectivity index (χ0v) is 14.7. The van der Waals surface area contributed by atoms with E-state index in [1.165, 1.54) is 63.5 Å². The van der Waals surface area contributed by atoms with Crippen LogP contribution in [0.1, 0.15) is 88.2 Å². The Balaban J connectivity index is 1.77. The number of halogens is 2. The lowest BCUT2D eigenvalue weighted by Gasteiger charge is -2.29. The molecule has 0 heterocycles. The zero-order valence-electron chi connectivity index (χ0n) is 14.7. The summed E-state index contributed by atoms with van der Waals surface area (Å²) >= 11 is 0. The fourth-order valence-electron chi connectivity index (χ4n) is 3.85. The van der Waals surface area contributed by atoms with Crippen molar-refractivity contribution in [3.8, 4) is 6.07 Å². The Morgan fingerprint density at radius 2 is 1.62 bits per heavy atom.